The fourth-order valence-electron chi connectivity index (χ4n) is 1.62. The van der Waals surface area contributed by atoms with Crippen LogP contribution >= 0.6 is 15.9 Å². The van der Waals surface area contributed by atoms with Gasteiger partial charge in [-0.2, -0.15) is 0 Å². The molecule has 6 heteroatoms. The van der Waals surface area contributed by atoms with Crippen molar-refractivity contribution >= 4 is 21.9 Å². The van der Waals surface area contributed by atoms with E-state index < -0.39 is 11.8 Å². The Morgan fingerprint density at radius 3 is 2.67 bits per heavy atom. The van der Waals surface area contributed by atoms with Crippen LogP contribution in [0.4, 0.5) is 4.39 Å². The lowest BCUT2D eigenvalue weighted by atomic mass is 10.2. The second-order valence-electron chi connectivity index (χ2n) is 4.10. The molecule has 0 atom stereocenters. The maximum Gasteiger partial charge on any atom is 0.335 e. The molecule has 0 spiro atoms. The van der Waals surface area contributed by atoms with Crippen LogP contribution in [-0.2, 0) is 0 Å². The first kappa shape index (κ1) is 15.3. The number of carboxylic acids is 1. The fourth-order valence-corrected chi connectivity index (χ4v) is 1.96. The van der Waals surface area contributed by atoms with Gasteiger partial charge >= 0.3 is 5.97 Å². The summed E-state index contributed by atoms with van der Waals surface area (Å²) < 4.78 is 24.8. The zero-order valence-electron chi connectivity index (χ0n) is 10.9. The molecule has 0 bridgehead atoms. The Hall–Kier alpha value is -2.08. The smallest absolute Gasteiger partial charge is 0.335 e. The number of hydrogen-bond acceptors (Lipinski definition) is 3. The molecule has 1 N–H and O–H groups in total. The van der Waals surface area contributed by atoms with Crippen molar-refractivity contribution in [2.45, 2.75) is 0 Å². The lowest BCUT2D eigenvalue weighted by Gasteiger charge is -2.09. The van der Waals surface area contributed by atoms with Crippen molar-refractivity contribution in [2.24, 2.45) is 0 Å². The third-order valence-electron chi connectivity index (χ3n) is 2.58. The van der Waals surface area contributed by atoms with Crippen LogP contribution in [-0.4, -0.2) is 24.3 Å². The summed E-state index contributed by atoms with van der Waals surface area (Å²) in [5, 5.41) is 8.86. The molecule has 110 valence electrons. The lowest BCUT2D eigenvalue weighted by Crippen LogP contribution is -2.10. The molecular formula is C15H12BrFO4. The summed E-state index contributed by atoms with van der Waals surface area (Å²) >= 11 is 3.23. The van der Waals surface area contributed by atoms with Crippen LogP contribution in [0.3, 0.4) is 0 Å². The first-order valence-electron chi connectivity index (χ1n) is 6.10. The monoisotopic (exact) mass is 354 g/mol. The number of hydrogen-bond donors (Lipinski definition) is 1. The number of ether oxygens (including phenoxy) is 2. The standard InChI is InChI=1S/C15H12BrFO4/c16-11-4-5-13(17)14(9-11)21-7-6-20-12-3-1-2-10(8-12)15(18)19/h1-5,8-9H,6-7H2,(H,18,19). The van der Waals surface area contributed by atoms with Crippen LogP contribution in [0.25, 0.3) is 0 Å². The fraction of sp³-hybridized carbons (Fsp3) is 0.133. The molecule has 4 nitrogen and oxygen atoms in total. The second kappa shape index (κ2) is 7.08. The summed E-state index contributed by atoms with van der Waals surface area (Å²) in [6.45, 7) is 0.319. The Balaban J connectivity index is 1.86. The van der Waals surface area contributed by atoms with Gasteiger partial charge in [-0.25, -0.2) is 9.18 Å². The molecule has 0 saturated carbocycles. The van der Waals surface area contributed by atoms with E-state index in [1.807, 2.05) is 0 Å². The van der Waals surface area contributed by atoms with Gasteiger partial charge in [0, 0.05) is 4.47 Å². The van der Waals surface area contributed by atoms with Crippen molar-refractivity contribution < 1.29 is 23.8 Å². The minimum atomic E-state index is -1.02. The molecule has 0 saturated heterocycles. The molecule has 2 rings (SSSR count). The van der Waals surface area contributed by atoms with E-state index in [9.17, 15) is 9.18 Å². The van der Waals surface area contributed by atoms with Crippen LogP contribution in [0.5, 0.6) is 11.5 Å². The first-order valence-corrected chi connectivity index (χ1v) is 6.89. The summed E-state index contributed by atoms with van der Waals surface area (Å²) in [6, 6.07) is 10.5. The SMILES string of the molecule is O=C(O)c1cccc(OCCOc2cc(Br)ccc2F)c1. The highest BCUT2D eigenvalue weighted by molar-refractivity contribution is 9.10. The lowest BCUT2D eigenvalue weighted by molar-refractivity contribution is 0.0696. The largest absolute Gasteiger partial charge is 0.490 e. The van der Waals surface area contributed by atoms with Crippen LogP contribution in [0, 0.1) is 5.82 Å². The highest BCUT2D eigenvalue weighted by Gasteiger charge is 2.05. The minimum absolute atomic E-state index is 0.132. The first-order chi connectivity index (χ1) is 10.1. The molecule has 2 aromatic carbocycles. The maximum absolute atomic E-state index is 13.4. The topological polar surface area (TPSA) is 55.8 Å². The van der Waals surface area contributed by atoms with Gasteiger partial charge in [-0.15, -0.1) is 0 Å². The van der Waals surface area contributed by atoms with E-state index in [-0.39, 0.29) is 24.5 Å². The van der Waals surface area contributed by atoms with Gasteiger partial charge in [0.25, 0.3) is 0 Å². The Bertz CT molecular complexity index is 645. The second-order valence-corrected chi connectivity index (χ2v) is 5.02. The van der Waals surface area contributed by atoms with E-state index in [0.717, 1.165) is 0 Å². The van der Waals surface area contributed by atoms with Crippen molar-refractivity contribution in [3.8, 4) is 11.5 Å². The molecule has 2 aromatic rings. The number of aromatic carboxylic acids is 1. The van der Waals surface area contributed by atoms with Gasteiger partial charge in [0.15, 0.2) is 11.6 Å². The van der Waals surface area contributed by atoms with Crippen molar-refractivity contribution in [3.63, 3.8) is 0 Å². The number of carbonyl (C=O) groups is 1. The Morgan fingerprint density at radius 2 is 1.90 bits per heavy atom. The highest BCUT2D eigenvalue weighted by atomic mass is 79.9. The Morgan fingerprint density at radius 1 is 1.14 bits per heavy atom. The molecular weight excluding hydrogens is 343 g/mol. The maximum atomic E-state index is 13.4. The molecule has 0 unspecified atom stereocenters. The van der Waals surface area contributed by atoms with E-state index in [0.29, 0.717) is 10.2 Å². The molecule has 0 aliphatic heterocycles. The van der Waals surface area contributed by atoms with Gasteiger partial charge in [0.2, 0.25) is 0 Å². The minimum Gasteiger partial charge on any atom is -0.490 e. The van der Waals surface area contributed by atoms with Crippen LogP contribution in [0.2, 0.25) is 0 Å². The average Bonchev–Trinajstić information content (AvgIpc) is 2.47. The normalized spacial score (nSPS) is 10.2. The molecule has 0 fully saturated rings. The van der Waals surface area contributed by atoms with Crippen molar-refractivity contribution in [1.29, 1.82) is 0 Å². The zero-order chi connectivity index (χ0) is 15.2. The van der Waals surface area contributed by atoms with Gasteiger partial charge in [0.05, 0.1) is 5.56 Å². The number of benzene rings is 2. The van der Waals surface area contributed by atoms with Gasteiger partial charge in [-0.1, -0.05) is 22.0 Å². The molecule has 0 radical (unpaired) electrons. The predicted molar refractivity (Wildman–Crippen MR) is 78.5 cm³/mol. The third-order valence-corrected chi connectivity index (χ3v) is 3.08. The van der Waals surface area contributed by atoms with Crippen LogP contribution in [0.1, 0.15) is 10.4 Å². The van der Waals surface area contributed by atoms with Crippen molar-refractivity contribution in [2.75, 3.05) is 13.2 Å². The quantitative estimate of drug-likeness (QED) is 0.802. The number of halogens is 2. The number of rotatable bonds is 6. The molecule has 0 heterocycles. The molecule has 0 aliphatic carbocycles. The van der Waals surface area contributed by atoms with E-state index >= 15 is 0 Å². The summed E-state index contributed by atoms with van der Waals surface area (Å²) in [6.07, 6.45) is 0. The van der Waals surface area contributed by atoms with Gasteiger partial charge in [-0.05, 0) is 36.4 Å². The Labute approximate surface area is 129 Å². The van der Waals surface area contributed by atoms with Gasteiger partial charge in [0.1, 0.15) is 19.0 Å². The molecule has 21 heavy (non-hydrogen) atoms. The number of carboxylic acid groups (broad SMARTS) is 1. The van der Waals surface area contributed by atoms with Crippen molar-refractivity contribution in [3.05, 3.63) is 58.3 Å². The average molecular weight is 355 g/mol. The summed E-state index contributed by atoms with van der Waals surface area (Å²) in [5.41, 5.74) is 0.145. The Kier molecular flexibility index (Phi) is 5.16. The summed E-state index contributed by atoms with van der Waals surface area (Å²) in [5.74, 6) is -0.917. The predicted octanol–water partition coefficient (Wildman–Crippen LogP) is 3.74. The van der Waals surface area contributed by atoms with Gasteiger partial charge in [-0.3, -0.25) is 0 Å². The third kappa shape index (κ3) is 4.46. The van der Waals surface area contributed by atoms with Gasteiger partial charge < -0.3 is 14.6 Å². The van der Waals surface area contributed by atoms with E-state index in [1.54, 1.807) is 18.2 Å². The van der Waals surface area contributed by atoms with Crippen molar-refractivity contribution in [1.82, 2.24) is 0 Å². The van der Waals surface area contributed by atoms with E-state index in [2.05, 4.69) is 15.9 Å². The van der Waals surface area contributed by atoms with Crippen LogP contribution < -0.4 is 9.47 Å². The van der Waals surface area contributed by atoms with E-state index in [4.69, 9.17) is 14.6 Å². The molecule has 0 aliphatic rings. The highest BCUT2D eigenvalue weighted by Crippen LogP contribution is 2.22. The summed E-state index contributed by atoms with van der Waals surface area (Å²) in [4.78, 5) is 10.8. The molecule has 0 amide bonds. The van der Waals surface area contributed by atoms with Crippen LogP contribution in [0.15, 0.2) is 46.9 Å². The summed E-state index contributed by atoms with van der Waals surface area (Å²) in [7, 11) is 0. The van der Waals surface area contributed by atoms with E-state index in [1.165, 1.54) is 24.3 Å². The zero-order valence-corrected chi connectivity index (χ0v) is 12.5. The molecule has 0 aromatic heterocycles.